The number of nitrogens with one attached hydrogen (secondary N) is 2. The number of thiophene rings is 1. The minimum atomic E-state index is 0.391. The van der Waals surface area contributed by atoms with Gasteiger partial charge in [-0.25, -0.2) is 4.98 Å². The van der Waals surface area contributed by atoms with Crippen molar-refractivity contribution in [3.63, 3.8) is 0 Å². The first-order valence-electron chi connectivity index (χ1n) is 7.47. The van der Waals surface area contributed by atoms with Gasteiger partial charge in [-0.15, -0.1) is 11.3 Å². The standard InChI is InChI=1S/C16H24N4S/c1-9-7-10-12(19-14(17-6)20-13(10)21-9)18-8-11-15(2,3)16(11,4)5/h7,11H,8H2,1-6H3,(H2,17,18,19,20). The molecule has 2 aromatic rings. The van der Waals surface area contributed by atoms with Crippen LogP contribution in [0.15, 0.2) is 6.07 Å². The van der Waals surface area contributed by atoms with E-state index in [0.29, 0.717) is 22.7 Å². The lowest BCUT2D eigenvalue weighted by atomic mass is 10.0. The van der Waals surface area contributed by atoms with E-state index in [1.807, 2.05) is 7.05 Å². The molecule has 2 aromatic heterocycles. The average molecular weight is 304 g/mol. The van der Waals surface area contributed by atoms with Gasteiger partial charge in [0.2, 0.25) is 5.95 Å². The van der Waals surface area contributed by atoms with Crippen molar-refractivity contribution >= 4 is 33.3 Å². The van der Waals surface area contributed by atoms with E-state index in [2.05, 4.69) is 61.3 Å². The molecule has 1 saturated carbocycles. The Bertz CT molecular complexity index is 673. The Kier molecular flexibility index (Phi) is 3.17. The number of hydrogen-bond donors (Lipinski definition) is 2. The summed E-state index contributed by atoms with van der Waals surface area (Å²) in [4.78, 5) is 11.4. The molecule has 1 aliphatic carbocycles. The van der Waals surface area contributed by atoms with E-state index in [1.165, 1.54) is 4.88 Å². The summed E-state index contributed by atoms with van der Waals surface area (Å²) in [7, 11) is 1.86. The molecule has 2 heterocycles. The van der Waals surface area contributed by atoms with Crippen molar-refractivity contribution in [1.29, 1.82) is 0 Å². The molecule has 0 saturated heterocycles. The molecule has 0 atom stereocenters. The van der Waals surface area contributed by atoms with Crippen LogP contribution in [0.2, 0.25) is 0 Å². The Hall–Kier alpha value is -1.36. The van der Waals surface area contributed by atoms with E-state index in [-0.39, 0.29) is 0 Å². The van der Waals surface area contributed by atoms with E-state index >= 15 is 0 Å². The van der Waals surface area contributed by atoms with Crippen LogP contribution >= 0.6 is 11.3 Å². The highest BCUT2D eigenvalue weighted by molar-refractivity contribution is 7.18. The Morgan fingerprint density at radius 3 is 2.43 bits per heavy atom. The molecule has 0 amide bonds. The largest absolute Gasteiger partial charge is 0.369 e. The van der Waals surface area contributed by atoms with Crippen LogP contribution in [0.25, 0.3) is 10.2 Å². The van der Waals surface area contributed by atoms with Gasteiger partial charge in [-0.1, -0.05) is 27.7 Å². The first-order valence-corrected chi connectivity index (χ1v) is 8.29. The van der Waals surface area contributed by atoms with Gasteiger partial charge in [-0.05, 0) is 29.7 Å². The summed E-state index contributed by atoms with van der Waals surface area (Å²) in [6.07, 6.45) is 0. The molecule has 0 bridgehead atoms. The molecule has 0 aliphatic heterocycles. The van der Waals surface area contributed by atoms with Crippen molar-refractivity contribution in [2.24, 2.45) is 16.7 Å². The van der Waals surface area contributed by atoms with Gasteiger partial charge in [0.25, 0.3) is 0 Å². The van der Waals surface area contributed by atoms with Crippen molar-refractivity contribution in [1.82, 2.24) is 9.97 Å². The zero-order valence-corrected chi connectivity index (χ0v) is 14.5. The van der Waals surface area contributed by atoms with Crippen LogP contribution < -0.4 is 10.6 Å². The van der Waals surface area contributed by atoms with Gasteiger partial charge >= 0.3 is 0 Å². The molecule has 3 rings (SSSR count). The zero-order chi connectivity index (χ0) is 15.4. The fourth-order valence-corrected chi connectivity index (χ4v) is 4.21. The summed E-state index contributed by atoms with van der Waals surface area (Å²) >= 11 is 1.71. The van der Waals surface area contributed by atoms with Gasteiger partial charge in [0, 0.05) is 18.5 Å². The van der Waals surface area contributed by atoms with Gasteiger partial charge in [-0.2, -0.15) is 4.98 Å². The molecule has 1 fully saturated rings. The number of rotatable bonds is 4. The number of nitrogens with zero attached hydrogens (tertiary/aromatic N) is 2. The summed E-state index contributed by atoms with van der Waals surface area (Å²) in [5.41, 5.74) is 0.783. The highest BCUT2D eigenvalue weighted by Crippen LogP contribution is 2.68. The molecule has 21 heavy (non-hydrogen) atoms. The summed E-state index contributed by atoms with van der Waals surface area (Å²) < 4.78 is 0. The monoisotopic (exact) mass is 304 g/mol. The molecule has 1 aliphatic rings. The fraction of sp³-hybridized carbons (Fsp3) is 0.625. The minimum absolute atomic E-state index is 0.391. The summed E-state index contributed by atoms with van der Waals surface area (Å²) in [5.74, 6) is 2.31. The molecule has 5 heteroatoms. The summed E-state index contributed by atoms with van der Waals surface area (Å²) in [5, 5.41) is 7.75. The van der Waals surface area contributed by atoms with Crippen LogP contribution in [-0.4, -0.2) is 23.6 Å². The third-order valence-electron chi connectivity index (χ3n) is 5.53. The molecular formula is C16H24N4S. The second-order valence-electron chi connectivity index (χ2n) is 7.10. The van der Waals surface area contributed by atoms with Crippen molar-refractivity contribution in [2.75, 3.05) is 24.2 Å². The van der Waals surface area contributed by atoms with Crippen molar-refractivity contribution in [3.8, 4) is 0 Å². The number of fused-ring (bicyclic) bond motifs is 1. The predicted molar refractivity (Wildman–Crippen MR) is 91.2 cm³/mol. The summed E-state index contributed by atoms with van der Waals surface area (Å²) in [6.45, 7) is 12.5. The second-order valence-corrected chi connectivity index (χ2v) is 8.33. The van der Waals surface area contributed by atoms with Gasteiger partial charge in [0.15, 0.2) is 0 Å². The molecule has 0 aromatic carbocycles. The van der Waals surface area contributed by atoms with Crippen LogP contribution in [0.5, 0.6) is 0 Å². The maximum absolute atomic E-state index is 4.60. The van der Waals surface area contributed by atoms with E-state index in [4.69, 9.17) is 0 Å². The number of aromatic nitrogens is 2. The van der Waals surface area contributed by atoms with E-state index < -0.39 is 0 Å². The third kappa shape index (κ3) is 2.18. The zero-order valence-electron chi connectivity index (χ0n) is 13.7. The van der Waals surface area contributed by atoms with Crippen molar-refractivity contribution < 1.29 is 0 Å². The number of hydrogen-bond acceptors (Lipinski definition) is 5. The lowest BCUT2D eigenvalue weighted by molar-refractivity contribution is 0.457. The Labute approximate surface area is 130 Å². The maximum Gasteiger partial charge on any atom is 0.225 e. The predicted octanol–water partition coefficient (Wildman–Crippen LogP) is 4.14. The SMILES string of the molecule is CNc1nc(NCC2C(C)(C)C2(C)C)c2cc(C)sc2n1. The lowest BCUT2D eigenvalue weighted by Gasteiger charge is -2.09. The molecule has 0 spiro atoms. The van der Waals surface area contributed by atoms with Crippen molar-refractivity contribution in [3.05, 3.63) is 10.9 Å². The maximum atomic E-state index is 4.60. The van der Waals surface area contributed by atoms with Crippen LogP contribution in [0, 0.1) is 23.7 Å². The topological polar surface area (TPSA) is 49.8 Å². The van der Waals surface area contributed by atoms with Crippen LogP contribution in [0.3, 0.4) is 0 Å². The molecular weight excluding hydrogens is 280 g/mol. The summed E-state index contributed by atoms with van der Waals surface area (Å²) in [6, 6.07) is 2.17. The molecule has 0 unspecified atom stereocenters. The van der Waals surface area contributed by atoms with E-state index in [9.17, 15) is 0 Å². The molecule has 114 valence electrons. The second kappa shape index (κ2) is 4.57. The third-order valence-corrected chi connectivity index (χ3v) is 6.48. The first-order chi connectivity index (χ1) is 9.77. The van der Waals surface area contributed by atoms with Crippen molar-refractivity contribution in [2.45, 2.75) is 34.6 Å². The Morgan fingerprint density at radius 1 is 1.19 bits per heavy atom. The van der Waals surface area contributed by atoms with Crippen LogP contribution in [0.1, 0.15) is 32.6 Å². The average Bonchev–Trinajstić information content (AvgIpc) is 2.71. The number of aryl methyl sites for hydroxylation is 1. The van der Waals surface area contributed by atoms with E-state index in [1.54, 1.807) is 11.3 Å². The van der Waals surface area contributed by atoms with Crippen LogP contribution in [-0.2, 0) is 0 Å². The first kappa shape index (κ1) is 14.6. The molecule has 0 radical (unpaired) electrons. The van der Waals surface area contributed by atoms with E-state index in [0.717, 1.165) is 22.6 Å². The fourth-order valence-electron chi connectivity index (χ4n) is 3.33. The van der Waals surface area contributed by atoms with Gasteiger partial charge in [-0.3, -0.25) is 0 Å². The van der Waals surface area contributed by atoms with Gasteiger partial charge in [0.1, 0.15) is 10.6 Å². The smallest absolute Gasteiger partial charge is 0.225 e. The Balaban J connectivity index is 1.87. The molecule has 2 N–H and O–H groups in total. The quantitative estimate of drug-likeness (QED) is 0.891. The Morgan fingerprint density at radius 2 is 1.86 bits per heavy atom. The highest BCUT2D eigenvalue weighted by Gasteiger charge is 2.64. The highest BCUT2D eigenvalue weighted by atomic mass is 32.1. The normalized spacial score (nSPS) is 19.7. The van der Waals surface area contributed by atoms with Gasteiger partial charge < -0.3 is 10.6 Å². The minimum Gasteiger partial charge on any atom is -0.369 e. The van der Waals surface area contributed by atoms with Gasteiger partial charge in [0.05, 0.1) is 5.39 Å². The van der Waals surface area contributed by atoms with Crippen LogP contribution in [0.4, 0.5) is 11.8 Å². The lowest BCUT2D eigenvalue weighted by Crippen LogP contribution is -2.10. The molecule has 4 nitrogen and oxygen atoms in total. The number of anilines is 2.